The zero-order valence-corrected chi connectivity index (χ0v) is 17.6. The van der Waals surface area contributed by atoms with E-state index < -0.39 is 11.6 Å². The van der Waals surface area contributed by atoms with E-state index in [1.165, 1.54) is 0 Å². The zero-order chi connectivity index (χ0) is 19.3. The fourth-order valence-electron chi connectivity index (χ4n) is 2.98. The third-order valence-electron chi connectivity index (χ3n) is 4.35. The molecule has 0 spiro atoms. The van der Waals surface area contributed by atoms with Crippen molar-refractivity contribution in [3.63, 3.8) is 0 Å². The summed E-state index contributed by atoms with van der Waals surface area (Å²) in [5.41, 5.74) is 4.20. The van der Waals surface area contributed by atoms with E-state index in [9.17, 15) is 8.78 Å². The molecule has 29 heavy (non-hydrogen) atoms. The fourth-order valence-corrected chi connectivity index (χ4v) is 2.98. The second-order valence-electron chi connectivity index (χ2n) is 6.35. The van der Waals surface area contributed by atoms with Crippen LogP contribution in [0.5, 0.6) is 0 Å². The van der Waals surface area contributed by atoms with Crippen LogP contribution in [0.25, 0.3) is 22.5 Å². The third-order valence-corrected chi connectivity index (χ3v) is 4.35. The number of halogens is 2. The van der Waals surface area contributed by atoms with Crippen LogP contribution < -0.4 is 0 Å². The summed E-state index contributed by atoms with van der Waals surface area (Å²) < 4.78 is 27.1. The fraction of sp³-hybridized carbons (Fsp3) is 0.0833. The number of benzene rings is 2. The van der Waals surface area contributed by atoms with E-state index in [1.54, 1.807) is 6.07 Å². The number of aryl methyl sites for hydroxylation is 2. The Labute approximate surface area is 182 Å². The third kappa shape index (κ3) is 5.21. The molecule has 0 aliphatic rings. The van der Waals surface area contributed by atoms with Gasteiger partial charge in [0.25, 0.3) is 0 Å². The van der Waals surface area contributed by atoms with Crippen molar-refractivity contribution >= 4 is 0 Å². The molecule has 5 heteroatoms. The maximum absolute atomic E-state index is 14.0. The number of hydrogen-bond acceptors (Lipinski definition) is 2. The molecule has 0 unspecified atom stereocenters. The van der Waals surface area contributed by atoms with Gasteiger partial charge < -0.3 is 9.97 Å². The summed E-state index contributed by atoms with van der Waals surface area (Å²) in [6.45, 7) is 0. The topological polar surface area (TPSA) is 25.8 Å². The van der Waals surface area contributed by atoms with Crippen LogP contribution in [0.15, 0.2) is 72.8 Å². The summed E-state index contributed by atoms with van der Waals surface area (Å²) in [6.07, 6.45) is 1.36. The summed E-state index contributed by atoms with van der Waals surface area (Å²) in [7, 11) is 0. The van der Waals surface area contributed by atoms with Crippen molar-refractivity contribution < 1.29 is 29.8 Å². The van der Waals surface area contributed by atoms with Crippen LogP contribution >= 0.6 is 0 Å². The van der Waals surface area contributed by atoms with E-state index in [2.05, 4.69) is 17.1 Å². The largest absolute Gasteiger partial charge is 2.00 e. The molecule has 0 aliphatic carbocycles. The van der Waals surface area contributed by atoms with Crippen LogP contribution in [-0.4, -0.2) is 9.97 Å². The van der Waals surface area contributed by atoms with E-state index in [-0.39, 0.29) is 26.6 Å². The van der Waals surface area contributed by atoms with Gasteiger partial charge in [0.1, 0.15) is 0 Å². The van der Waals surface area contributed by atoms with Gasteiger partial charge in [-0.3, -0.25) is 8.78 Å². The van der Waals surface area contributed by atoms with Gasteiger partial charge in [0, 0.05) is 23.0 Å². The minimum Gasteiger partial charge on any atom is -0.301 e. The smallest absolute Gasteiger partial charge is 0.301 e. The minimum absolute atomic E-state index is 0. The van der Waals surface area contributed by atoms with Crippen molar-refractivity contribution in [1.29, 1.82) is 0 Å². The molecule has 2 nitrogen and oxygen atoms in total. The van der Waals surface area contributed by atoms with Gasteiger partial charge in [0.05, 0.1) is 0 Å². The molecule has 0 fully saturated rings. The molecule has 0 saturated heterocycles. The Morgan fingerprint density at radius 2 is 1.45 bits per heavy atom. The molecule has 0 aliphatic heterocycles. The van der Waals surface area contributed by atoms with Gasteiger partial charge in [-0.1, -0.05) is 35.9 Å². The van der Waals surface area contributed by atoms with Crippen molar-refractivity contribution in [2.45, 2.75) is 12.8 Å². The molecule has 0 atom stereocenters. The Kier molecular flexibility index (Phi) is 7.00. The van der Waals surface area contributed by atoms with Crippen molar-refractivity contribution in [2.24, 2.45) is 0 Å². The van der Waals surface area contributed by atoms with Gasteiger partial charge in [-0.15, -0.1) is 48.0 Å². The Morgan fingerprint density at radius 3 is 2.10 bits per heavy atom. The maximum Gasteiger partial charge on any atom is 2.00 e. The second kappa shape index (κ2) is 9.66. The van der Waals surface area contributed by atoms with E-state index in [0.29, 0.717) is 18.5 Å². The molecule has 146 valence electrons. The van der Waals surface area contributed by atoms with E-state index in [4.69, 9.17) is 4.98 Å². The molecule has 0 radical (unpaired) electrons. The number of rotatable bonds is 5. The van der Waals surface area contributed by atoms with Crippen molar-refractivity contribution in [1.82, 2.24) is 9.97 Å². The standard InChI is InChI=1S/C24H16F2N2.Pt/c25-18-12-15-21(22(26)16-18)24-11-5-9-20(28-24)14-13-19-8-4-10-23(27-19)17-6-2-1-3-7-17;/h1-6,8-12,16H,13-14H2;/q-2;+2. The SMILES string of the molecule is Fc1c[c-]c(-c2cccc(CCc3cccc(-c4[c-]cccc4)n3)n2)c(F)c1.[Pt+2]. The van der Waals surface area contributed by atoms with Gasteiger partial charge in [-0.05, 0) is 36.4 Å². The Morgan fingerprint density at radius 1 is 0.759 bits per heavy atom. The Hall–Kier alpha value is -2.71. The first kappa shape index (κ1) is 21.0. The molecule has 0 amide bonds. The summed E-state index contributed by atoms with van der Waals surface area (Å²) in [5, 5.41) is 0. The number of hydrogen-bond donors (Lipinski definition) is 0. The number of nitrogens with zero attached hydrogens (tertiary/aromatic N) is 2. The van der Waals surface area contributed by atoms with E-state index in [0.717, 1.165) is 34.8 Å². The molecular weight excluding hydrogens is 549 g/mol. The average molecular weight is 565 g/mol. The molecule has 4 rings (SSSR count). The van der Waals surface area contributed by atoms with Crippen LogP contribution in [0.2, 0.25) is 0 Å². The van der Waals surface area contributed by atoms with Gasteiger partial charge >= 0.3 is 21.1 Å². The van der Waals surface area contributed by atoms with Crippen LogP contribution in [0.3, 0.4) is 0 Å². The molecule has 0 N–H and O–H groups in total. The quantitative estimate of drug-likeness (QED) is 0.300. The molecule has 2 aromatic carbocycles. The van der Waals surface area contributed by atoms with Gasteiger partial charge in [-0.25, -0.2) is 0 Å². The second-order valence-corrected chi connectivity index (χ2v) is 6.35. The Balaban J connectivity index is 0.00000240. The summed E-state index contributed by atoms with van der Waals surface area (Å²) in [6, 6.07) is 26.8. The van der Waals surface area contributed by atoms with Crippen LogP contribution in [0.1, 0.15) is 11.4 Å². The predicted molar refractivity (Wildman–Crippen MR) is 104 cm³/mol. The van der Waals surface area contributed by atoms with Crippen molar-refractivity contribution in [3.8, 4) is 22.5 Å². The maximum atomic E-state index is 14.0. The van der Waals surface area contributed by atoms with E-state index >= 15 is 0 Å². The summed E-state index contributed by atoms with van der Waals surface area (Å²) in [5.74, 6) is -1.32. The van der Waals surface area contributed by atoms with Crippen LogP contribution in [-0.2, 0) is 33.9 Å². The molecule has 2 aromatic heterocycles. The molecular formula is C24H16F2N2Pt. The van der Waals surface area contributed by atoms with E-state index in [1.807, 2.05) is 54.6 Å². The molecule has 4 aromatic rings. The normalized spacial score (nSPS) is 10.4. The van der Waals surface area contributed by atoms with Gasteiger partial charge in [-0.2, -0.15) is 0 Å². The zero-order valence-electron chi connectivity index (χ0n) is 15.3. The molecule has 0 bridgehead atoms. The first-order valence-electron chi connectivity index (χ1n) is 8.95. The first-order chi connectivity index (χ1) is 13.7. The molecule has 2 heterocycles. The molecule has 0 saturated carbocycles. The summed E-state index contributed by atoms with van der Waals surface area (Å²) in [4.78, 5) is 9.20. The first-order valence-corrected chi connectivity index (χ1v) is 8.95. The van der Waals surface area contributed by atoms with Crippen molar-refractivity contribution in [2.75, 3.05) is 0 Å². The van der Waals surface area contributed by atoms with Crippen LogP contribution in [0.4, 0.5) is 8.78 Å². The minimum atomic E-state index is -0.668. The average Bonchev–Trinajstić information content (AvgIpc) is 2.73. The number of pyridine rings is 2. The van der Waals surface area contributed by atoms with Gasteiger partial charge in [0.2, 0.25) is 0 Å². The summed E-state index contributed by atoms with van der Waals surface area (Å²) >= 11 is 0. The van der Waals surface area contributed by atoms with Gasteiger partial charge in [0.15, 0.2) is 0 Å². The predicted octanol–water partition coefficient (Wildman–Crippen LogP) is 5.47. The monoisotopic (exact) mass is 565 g/mol. The van der Waals surface area contributed by atoms with Crippen LogP contribution in [0, 0.1) is 23.8 Å². The number of aromatic nitrogens is 2. The Bertz CT molecular complexity index is 1100. The van der Waals surface area contributed by atoms with Crippen molar-refractivity contribution in [3.05, 3.63) is 108 Å².